The lowest BCUT2D eigenvalue weighted by Crippen LogP contribution is -2.69. The van der Waals surface area contributed by atoms with E-state index in [0.717, 1.165) is 38.8 Å². The molecule has 11 heteroatoms. The molecule has 11 nitrogen and oxygen atoms in total. The summed E-state index contributed by atoms with van der Waals surface area (Å²) in [5.41, 5.74) is 11.2. The highest BCUT2D eigenvalue weighted by atomic mass is 17.2. The number of carbonyl (C=O) groups is 2. The van der Waals surface area contributed by atoms with Gasteiger partial charge in [0.25, 0.3) is 0 Å². The van der Waals surface area contributed by atoms with Gasteiger partial charge in [0.1, 0.15) is 12.5 Å². The molecule has 0 aliphatic heterocycles. The van der Waals surface area contributed by atoms with Crippen LogP contribution in [0.2, 0.25) is 0 Å². The van der Waals surface area contributed by atoms with Gasteiger partial charge in [-0.2, -0.15) is 0 Å². The number of hydrogen-bond acceptors (Lipinski definition) is 9. The molecule has 216 valence electrons. The first-order valence-electron chi connectivity index (χ1n) is 14.1. The molecule has 5 atom stereocenters. The van der Waals surface area contributed by atoms with Crippen molar-refractivity contribution in [1.29, 1.82) is 0 Å². The molecule has 2 amide bonds. The third-order valence-electron chi connectivity index (χ3n) is 7.83. The van der Waals surface area contributed by atoms with E-state index in [1.165, 1.54) is 6.42 Å². The molecule has 3 saturated carbocycles. The van der Waals surface area contributed by atoms with Crippen LogP contribution < -0.4 is 27.4 Å². The fourth-order valence-electron chi connectivity index (χ4n) is 5.39. The number of methoxy groups -OCH3 is 1. The van der Waals surface area contributed by atoms with Crippen molar-refractivity contribution in [2.45, 2.75) is 84.2 Å². The van der Waals surface area contributed by atoms with Crippen molar-refractivity contribution in [3.05, 3.63) is 0 Å². The lowest BCUT2D eigenvalue weighted by atomic mass is 9.43. The Balaban J connectivity index is 1.51. The van der Waals surface area contributed by atoms with E-state index in [2.05, 4.69) is 34.7 Å². The fraction of sp³-hybridized carbons (Fsp3) is 0.923. The lowest BCUT2D eigenvalue weighted by Gasteiger charge is -2.65. The minimum Gasteiger partial charge on any atom is -0.366 e. The molecular formula is C26H52N6O5. The largest absolute Gasteiger partial charge is 0.366 e. The number of nitrogens with two attached hydrogens (primary N) is 2. The van der Waals surface area contributed by atoms with Gasteiger partial charge >= 0.3 is 0 Å². The average molecular weight is 529 g/mol. The number of ether oxygens (including phenoxy) is 1. The Kier molecular flexibility index (Phi) is 14.9. The molecule has 0 aromatic rings. The van der Waals surface area contributed by atoms with Crippen LogP contribution in [0.1, 0.15) is 65.7 Å². The topological polar surface area (TPSA) is 153 Å². The Morgan fingerprint density at radius 3 is 2.43 bits per heavy atom. The van der Waals surface area contributed by atoms with Gasteiger partial charge in [0, 0.05) is 51.7 Å². The van der Waals surface area contributed by atoms with Gasteiger partial charge < -0.3 is 26.8 Å². The second-order valence-electron chi connectivity index (χ2n) is 10.5. The normalized spacial score (nSPS) is 24.6. The van der Waals surface area contributed by atoms with E-state index in [9.17, 15) is 9.59 Å². The van der Waals surface area contributed by atoms with Crippen molar-refractivity contribution in [3.8, 4) is 0 Å². The van der Waals surface area contributed by atoms with Crippen molar-refractivity contribution in [2.75, 3.05) is 46.6 Å². The zero-order valence-electron chi connectivity index (χ0n) is 23.4. The molecule has 0 saturated heterocycles. The molecule has 3 aliphatic rings. The molecule has 3 aliphatic carbocycles. The van der Waals surface area contributed by atoms with Gasteiger partial charge in [-0.15, -0.1) is 0 Å². The third-order valence-corrected chi connectivity index (χ3v) is 7.83. The second kappa shape index (κ2) is 17.3. The van der Waals surface area contributed by atoms with E-state index >= 15 is 0 Å². The number of carbonyl (C=O) groups excluding carboxylic acids is 2. The maximum atomic E-state index is 12.2. The first kappa shape index (κ1) is 31.9. The summed E-state index contributed by atoms with van der Waals surface area (Å²) in [6, 6.07) is 0.280. The van der Waals surface area contributed by atoms with Crippen LogP contribution in [0.3, 0.4) is 0 Å². The molecule has 2 bridgehead atoms. The van der Waals surface area contributed by atoms with Crippen molar-refractivity contribution < 1.29 is 24.1 Å². The van der Waals surface area contributed by atoms with E-state index in [1.807, 2.05) is 6.92 Å². The highest BCUT2D eigenvalue weighted by molar-refractivity contribution is 5.84. The predicted molar refractivity (Wildman–Crippen MR) is 143 cm³/mol. The molecule has 0 radical (unpaired) electrons. The number of nitrogens with zero attached hydrogens (tertiary/aromatic N) is 1. The SMILES string of the molecule is CCN(CN)CC(C)C(NC(C)OOCCCC1C2CC1C2NC(=O)CCC(=O)NCCCCN)OC. The Labute approximate surface area is 223 Å². The van der Waals surface area contributed by atoms with Gasteiger partial charge in [0.15, 0.2) is 0 Å². The van der Waals surface area contributed by atoms with Crippen LogP contribution in [0.5, 0.6) is 0 Å². The van der Waals surface area contributed by atoms with Crippen LogP contribution in [0.4, 0.5) is 0 Å². The van der Waals surface area contributed by atoms with Crippen LogP contribution >= 0.6 is 0 Å². The van der Waals surface area contributed by atoms with E-state index < -0.39 is 0 Å². The van der Waals surface area contributed by atoms with Crippen molar-refractivity contribution >= 4 is 11.8 Å². The molecule has 3 fully saturated rings. The van der Waals surface area contributed by atoms with Crippen LogP contribution in [0, 0.1) is 23.7 Å². The van der Waals surface area contributed by atoms with E-state index in [1.54, 1.807) is 7.11 Å². The first-order valence-corrected chi connectivity index (χ1v) is 14.1. The van der Waals surface area contributed by atoms with Crippen molar-refractivity contribution in [2.24, 2.45) is 35.1 Å². The highest BCUT2D eigenvalue weighted by Gasteiger charge is 2.60. The first-order chi connectivity index (χ1) is 17.8. The van der Waals surface area contributed by atoms with Crippen LogP contribution in [0.25, 0.3) is 0 Å². The van der Waals surface area contributed by atoms with Gasteiger partial charge in [-0.25, -0.2) is 9.78 Å². The molecule has 0 aromatic heterocycles. The molecule has 5 unspecified atom stereocenters. The smallest absolute Gasteiger partial charge is 0.220 e. The number of rotatable bonds is 22. The lowest BCUT2D eigenvalue weighted by molar-refractivity contribution is -0.332. The van der Waals surface area contributed by atoms with Gasteiger partial charge in [0.2, 0.25) is 11.8 Å². The zero-order valence-corrected chi connectivity index (χ0v) is 23.4. The Bertz CT molecular complexity index is 657. The van der Waals surface area contributed by atoms with Crippen molar-refractivity contribution in [3.63, 3.8) is 0 Å². The summed E-state index contributed by atoms with van der Waals surface area (Å²) >= 11 is 0. The minimum absolute atomic E-state index is 0.0254. The molecule has 37 heavy (non-hydrogen) atoms. The summed E-state index contributed by atoms with van der Waals surface area (Å²) in [6.45, 7) is 10.2. The molecule has 0 spiro atoms. The minimum atomic E-state index is -0.301. The summed E-state index contributed by atoms with van der Waals surface area (Å²) in [5, 5.41) is 9.26. The molecule has 0 heterocycles. The summed E-state index contributed by atoms with van der Waals surface area (Å²) in [7, 11) is 1.68. The number of amides is 2. The third kappa shape index (κ3) is 10.4. The maximum Gasteiger partial charge on any atom is 0.220 e. The summed E-state index contributed by atoms with van der Waals surface area (Å²) in [6.07, 6.45) is 4.95. The average Bonchev–Trinajstić information content (AvgIpc) is 2.86. The Morgan fingerprint density at radius 1 is 1.08 bits per heavy atom. The monoisotopic (exact) mass is 528 g/mol. The number of unbranched alkanes of at least 4 members (excludes halogenated alkanes) is 1. The van der Waals surface area contributed by atoms with Gasteiger partial charge in [-0.3, -0.25) is 19.8 Å². The summed E-state index contributed by atoms with van der Waals surface area (Å²) in [4.78, 5) is 37.1. The van der Waals surface area contributed by atoms with E-state index in [4.69, 9.17) is 26.0 Å². The molecule has 3 rings (SSSR count). The van der Waals surface area contributed by atoms with Crippen molar-refractivity contribution in [1.82, 2.24) is 20.9 Å². The number of nitrogens with one attached hydrogen (secondary N) is 3. The highest BCUT2D eigenvalue weighted by Crippen LogP contribution is 2.60. The number of hydrogen-bond donors (Lipinski definition) is 5. The standard InChI is InChI=1S/C26H52N6O5/c1-5-32(17-28)16-18(2)26(35-4)30-19(3)37-36-14-8-9-20-21-15-22(20)25(21)31-24(34)11-10-23(33)29-13-7-6-12-27/h18-22,25-26,30H,5-17,27-28H2,1-4H3,(H,29,33)(H,31,34). The van der Waals surface area contributed by atoms with E-state index in [0.29, 0.717) is 44.1 Å². The molecule has 7 N–H and O–H groups in total. The van der Waals surface area contributed by atoms with Crippen LogP contribution in [-0.2, 0) is 24.1 Å². The Hall–Kier alpha value is -1.34. The van der Waals surface area contributed by atoms with E-state index in [-0.39, 0.29) is 49.1 Å². The quantitative estimate of drug-likeness (QED) is 0.0596. The Morgan fingerprint density at radius 2 is 1.81 bits per heavy atom. The van der Waals surface area contributed by atoms with Gasteiger partial charge in [-0.05, 0) is 69.9 Å². The maximum absolute atomic E-state index is 12.2. The summed E-state index contributed by atoms with van der Waals surface area (Å²) in [5.74, 6) is 1.90. The van der Waals surface area contributed by atoms with Gasteiger partial charge in [-0.1, -0.05) is 13.8 Å². The second-order valence-corrected chi connectivity index (χ2v) is 10.5. The molecular weight excluding hydrogens is 476 g/mol. The summed E-state index contributed by atoms with van der Waals surface area (Å²) < 4.78 is 5.59. The van der Waals surface area contributed by atoms with Crippen LogP contribution in [0.15, 0.2) is 0 Å². The predicted octanol–water partition coefficient (Wildman–Crippen LogP) is 0.883. The zero-order chi connectivity index (χ0) is 27.2. The fourth-order valence-corrected chi connectivity index (χ4v) is 5.39. The van der Waals surface area contributed by atoms with Crippen LogP contribution in [-0.4, -0.2) is 81.8 Å². The van der Waals surface area contributed by atoms with Gasteiger partial charge in [0.05, 0.1) is 6.61 Å². The molecule has 0 aromatic carbocycles.